The number of hydrogen-bond donors (Lipinski definition) is 1. The van der Waals surface area contributed by atoms with Gasteiger partial charge in [-0.25, -0.2) is 8.42 Å². The Bertz CT molecular complexity index is 936. The Morgan fingerprint density at radius 1 is 1.00 bits per heavy atom. The Kier molecular flexibility index (Phi) is 5.03. The number of carbonyl (C=O) groups is 1. The molecular weight excluding hydrogens is 385 g/mol. The monoisotopic (exact) mass is 397 g/mol. The summed E-state index contributed by atoms with van der Waals surface area (Å²) in [5, 5.41) is 3.01. The SMILES string of the molecule is O=C(Nc1c(Cl)cccc1Cl)C1=C(c2ccccc2)S(=O)(=O)CCO1. The van der Waals surface area contributed by atoms with Crippen LogP contribution in [0.3, 0.4) is 0 Å². The van der Waals surface area contributed by atoms with E-state index in [1.54, 1.807) is 48.5 Å². The number of carbonyl (C=O) groups excluding carboxylic acids is 1. The minimum Gasteiger partial charge on any atom is -0.486 e. The molecule has 0 aliphatic carbocycles. The van der Waals surface area contributed by atoms with Crippen LogP contribution in [0.25, 0.3) is 4.91 Å². The molecule has 0 spiro atoms. The molecule has 5 nitrogen and oxygen atoms in total. The molecule has 0 saturated heterocycles. The molecule has 0 bridgehead atoms. The number of anilines is 1. The van der Waals surface area contributed by atoms with E-state index in [0.29, 0.717) is 5.56 Å². The molecule has 0 atom stereocenters. The maximum Gasteiger partial charge on any atom is 0.292 e. The molecule has 0 radical (unpaired) electrons. The van der Waals surface area contributed by atoms with Gasteiger partial charge in [-0.2, -0.15) is 0 Å². The first-order valence-electron chi connectivity index (χ1n) is 7.31. The van der Waals surface area contributed by atoms with Crippen molar-refractivity contribution in [1.82, 2.24) is 0 Å². The Balaban J connectivity index is 2.08. The minimum atomic E-state index is -3.66. The third-order valence-electron chi connectivity index (χ3n) is 3.56. The fraction of sp³-hybridized carbons (Fsp3) is 0.118. The molecule has 130 valence electrons. The molecule has 3 rings (SSSR count). The predicted octanol–water partition coefficient (Wildman–Crippen LogP) is 3.75. The molecule has 0 saturated carbocycles. The van der Waals surface area contributed by atoms with E-state index in [1.165, 1.54) is 0 Å². The number of benzene rings is 2. The number of nitrogens with one attached hydrogen (secondary N) is 1. The Morgan fingerprint density at radius 3 is 2.28 bits per heavy atom. The molecule has 8 heteroatoms. The average molecular weight is 398 g/mol. The smallest absolute Gasteiger partial charge is 0.292 e. The Hall–Kier alpha value is -2.02. The van der Waals surface area contributed by atoms with Crippen LogP contribution >= 0.6 is 23.2 Å². The van der Waals surface area contributed by atoms with Crippen LogP contribution in [0, 0.1) is 0 Å². The second-order valence-electron chi connectivity index (χ2n) is 5.24. The van der Waals surface area contributed by atoms with E-state index in [2.05, 4.69) is 5.32 Å². The van der Waals surface area contributed by atoms with Gasteiger partial charge >= 0.3 is 0 Å². The number of ether oxygens (including phenoxy) is 1. The van der Waals surface area contributed by atoms with Gasteiger partial charge in [-0.1, -0.05) is 59.6 Å². The molecule has 1 N–H and O–H groups in total. The molecule has 2 aromatic rings. The van der Waals surface area contributed by atoms with E-state index in [1.807, 2.05) is 0 Å². The maximum absolute atomic E-state index is 12.7. The van der Waals surface area contributed by atoms with Crippen molar-refractivity contribution in [3.8, 4) is 0 Å². The van der Waals surface area contributed by atoms with Gasteiger partial charge in [-0.15, -0.1) is 0 Å². The van der Waals surface area contributed by atoms with Crippen molar-refractivity contribution in [3.05, 3.63) is 69.9 Å². The van der Waals surface area contributed by atoms with Gasteiger partial charge < -0.3 is 10.1 Å². The standard InChI is InChI=1S/C17H13Cl2NO4S/c18-12-7-4-8-13(19)14(12)20-17(21)15-16(11-5-2-1-3-6-11)25(22,23)10-9-24-15/h1-8H,9-10H2,(H,20,21). The zero-order chi connectivity index (χ0) is 18.0. The summed E-state index contributed by atoms with van der Waals surface area (Å²) in [6.07, 6.45) is 0. The largest absolute Gasteiger partial charge is 0.486 e. The summed E-state index contributed by atoms with van der Waals surface area (Å²) in [4.78, 5) is 12.5. The number of hydrogen-bond acceptors (Lipinski definition) is 4. The summed E-state index contributed by atoms with van der Waals surface area (Å²) >= 11 is 12.1. The Labute approximate surface area is 155 Å². The van der Waals surface area contributed by atoms with E-state index >= 15 is 0 Å². The highest BCUT2D eigenvalue weighted by molar-refractivity contribution is 8.00. The van der Waals surface area contributed by atoms with Crippen molar-refractivity contribution >= 4 is 49.5 Å². The molecule has 0 aromatic heterocycles. The first-order chi connectivity index (χ1) is 11.9. The highest BCUT2D eigenvalue weighted by Gasteiger charge is 2.33. The van der Waals surface area contributed by atoms with Gasteiger partial charge in [0.2, 0.25) is 5.76 Å². The van der Waals surface area contributed by atoms with Crippen LogP contribution in [0.4, 0.5) is 5.69 Å². The van der Waals surface area contributed by atoms with Crippen molar-refractivity contribution in [2.45, 2.75) is 0 Å². The quantitative estimate of drug-likeness (QED) is 0.855. The molecule has 1 aliphatic rings. The molecule has 2 aromatic carbocycles. The number of halogens is 2. The average Bonchev–Trinajstić information content (AvgIpc) is 2.58. The van der Waals surface area contributed by atoms with Crippen molar-refractivity contribution in [1.29, 1.82) is 0 Å². The van der Waals surface area contributed by atoms with Crippen molar-refractivity contribution in [3.63, 3.8) is 0 Å². The highest BCUT2D eigenvalue weighted by Crippen LogP contribution is 2.33. The van der Waals surface area contributed by atoms with Crippen LogP contribution in [-0.4, -0.2) is 26.7 Å². The van der Waals surface area contributed by atoms with Crippen LogP contribution in [0.1, 0.15) is 5.56 Å². The number of para-hydroxylation sites is 1. The minimum absolute atomic E-state index is 0.0995. The summed E-state index contributed by atoms with van der Waals surface area (Å²) in [5.41, 5.74) is 0.583. The fourth-order valence-electron chi connectivity index (χ4n) is 2.42. The molecule has 0 fully saturated rings. The molecular formula is C17H13Cl2NO4S. The summed E-state index contributed by atoms with van der Waals surface area (Å²) in [7, 11) is -3.66. The van der Waals surface area contributed by atoms with Crippen LogP contribution in [-0.2, 0) is 19.4 Å². The van der Waals surface area contributed by atoms with Crippen LogP contribution < -0.4 is 5.32 Å². The summed E-state index contributed by atoms with van der Waals surface area (Å²) in [6, 6.07) is 13.1. The van der Waals surface area contributed by atoms with E-state index < -0.39 is 15.7 Å². The van der Waals surface area contributed by atoms with Gasteiger partial charge in [-0.05, 0) is 17.7 Å². The van der Waals surface area contributed by atoms with Gasteiger partial charge in [0.15, 0.2) is 9.84 Å². The topological polar surface area (TPSA) is 72.5 Å². The number of sulfone groups is 1. The lowest BCUT2D eigenvalue weighted by Gasteiger charge is -2.21. The zero-order valence-corrected chi connectivity index (χ0v) is 15.2. The first kappa shape index (κ1) is 17.8. The van der Waals surface area contributed by atoms with Crippen molar-refractivity contribution in [2.24, 2.45) is 0 Å². The molecule has 1 heterocycles. The summed E-state index contributed by atoms with van der Waals surface area (Å²) < 4.78 is 30.4. The van der Waals surface area contributed by atoms with Crippen LogP contribution in [0.15, 0.2) is 54.3 Å². The number of rotatable bonds is 3. The van der Waals surface area contributed by atoms with Crippen LogP contribution in [0.5, 0.6) is 0 Å². The van der Waals surface area contributed by atoms with Gasteiger partial charge in [0.25, 0.3) is 5.91 Å². The zero-order valence-electron chi connectivity index (χ0n) is 12.8. The normalized spacial score (nSPS) is 16.2. The van der Waals surface area contributed by atoms with Crippen molar-refractivity contribution in [2.75, 3.05) is 17.7 Å². The summed E-state index contributed by atoms with van der Waals surface area (Å²) in [5.74, 6) is -1.19. The summed E-state index contributed by atoms with van der Waals surface area (Å²) in [6.45, 7) is -0.0995. The fourth-order valence-corrected chi connectivity index (χ4v) is 4.35. The molecule has 25 heavy (non-hydrogen) atoms. The lowest BCUT2D eigenvalue weighted by molar-refractivity contribution is -0.115. The van der Waals surface area contributed by atoms with Crippen molar-refractivity contribution < 1.29 is 17.9 Å². The maximum atomic E-state index is 12.7. The van der Waals surface area contributed by atoms with E-state index in [0.717, 1.165) is 0 Å². The van der Waals surface area contributed by atoms with E-state index in [4.69, 9.17) is 27.9 Å². The van der Waals surface area contributed by atoms with Gasteiger partial charge in [0.05, 0.1) is 21.5 Å². The third-order valence-corrected chi connectivity index (χ3v) is 5.94. The second kappa shape index (κ2) is 7.07. The lowest BCUT2D eigenvalue weighted by Crippen LogP contribution is -2.28. The van der Waals surface area contributed by atoms with Gasteiger partial charge in [0.1, 0.15) is 11.5 Å². The van der Waals surface area contributed by atoms with Crippen LogP contribution in [0.2, 0.25) is 10.0 Å². The third kappa shape index (κ3) is 3.66. The molecule has 1 amide bonds. The second-order valence-corrected chi connectivity index (χ2v) is 8.10. The highest BCUT2D eigenvalue weighted by atomic mass is 35.5. The predicted molar refractivity (Wildman–Crippen MR) is 98.2 cm³/mol. The molecule has 0 unspecified atom stereocenters. The molecule has 1 aliphatic heterocycles. The van der Waals surface area contributed by atoms with E-state index in [9.17, 15) is 13.2 Å². The van der Waals surface area contributed by atoms with Gasteiger partial charge in [-0.3, -0.25) is 4.79 Å². The van der Waals surface area contributed by atoms with Gasteiger partial charge in [0, 0.05) is 0 Å². The van der Waals surface area contributed by atoms with E-state index in [-0.39, 0.29) is 38.8 Å². The lowest BCUT2D eigenvalue weighted by atomic mass is 10.2. The first-order valence-corrected chi connectivity index (χ1v) is 9.71. The Morgan fingerprint density at radius 2 is 1.64 bits per heavy atom. The number of amides is 1.